The third-order valence-corrected chi connectivity index (χ3v) is 3.65. The molecule has 21 heavy (non-hydrogen) atoms. The summed E-state index contributed by atoms with van der Waals surface area (Å²) in [7, 11) is 0. The Bertz CT molecular complexity index is 498. The van der Waals surface area contributed by atoms with Crippen molar-refractivity contribution in [3.05, 3.63) is 30.3 Å². The number of hydrogen-bond acceptors (Lipinski definition) is 3. The molecule has 1 fully saturated rings. The van der Waals surface area contributed by atoms with Crippen LogP contribution in [0.25, 0.3) is 0 Å². The molecule has 1 unspecified atom stereocenters. The lowest BCUT2D eigenvalue weighted by Crippen LogP contribution is -2.47. The van der Waals surface area contributed by atoms with Crippen LogP contribution in [0.15, 0.2) is 30.3 Å². The lowest BCUT2D eigenvalue weighted by atomic mass is 10.2. The molecule has 1 amide bonds. The normalized spacial score (nSPS) is 15.8. The quantitative estimate of drug-likeness (QED) is 0.804. The molecule has 114 valence electrons. The van der Waals surface area contributed by atoms with Gasteiger partial charge in [-0.15, -0.1) is 0 Å². The Hall–Kier alpha value is -1.88. The highest BCUT2D eigenvalue weighted by atomic mass is 16.4. The predicted octanol–water partition coefficient (Wildman–Crippen LogP) is 1.88. The fourth-order valence-corrected chi connectivity index (χ4v) is 2.49. The maximum atomic E-state index is 12.4. The standard InChI is InChI=1S/C16H22N2O3/c1-11(2)18(13-6-4-3-5-7-13)14(19)10-17-15(16(20)21)12-8-9-12/h3-7,11-12,15,17H,8-10H2,1-2H3,(H,20,21). The van der Waals surface area contributed by atoms with E-state index in [9.17, 15) is 14.7 Å². The first-order chi connectivity index (χ1) is 10.0. The zero-order valence-electron chi connectivity index (χ0n) is 12.5. The summed E-state index contributed by atoms with van der Waals surface area (Å²) in [5.41, 5.74) is 0.831. The van der Waals surface area contributed by atoms with E-state index in [2.05, 4.69) is 5.32 Å². The molecule has 1 aromatic carbocycles. The summed E-state index contributed by atoms with van der Waals surface area (Å²) in [5.74, 6) is -0.816. The highest BCUT2D eigenvalue weighted by Gasteiger charge is 2.36. The number of carboxylic acids is 1. The van der Waals surface area contributed by atoms with Crippen molar-refractivity contribution in [2.45, 2.75) is 38.8 Å². The van der Waals surface area contributed by atoms with E-state index in [1.807, 2.05) is 44.2 Å². The molecule has 0 spiro atoms. The minimum Gasteiger partial charge on any atom is -0.480 e. The average molecular weight is 290 g/mol. The van der Waals surface area contributed by atoms with Crippen molar-refractivity contribution in [3.63, 3.8) is 0 Å². The minimum absolute atomic E-state index is 0.0194. The van der Waals surface area contributed by atoms with Gasteiger partial charge in [0.25, 0.3) is 0 Å². The van der Waals surface area contributed by atoms with Crippen molar-refractivity contribution in [1.82, 2.24) is 5.32 Å². The number of para-hydroxylation sites is 1. The molecule has 1 aliphatic rings. The largest absolute Gasteiger partial charge is 0.480 e. The molecule has 2 rings (SSSR count). The number of carbonyl (C=O) groups excluding carboxylic acids is 1. The molecule has 0 aliphatic heterocycles. The van der Waals surface area contributed by atoms with Gasteiger partial charge in [0, 0.05) is 11.7 Å². The van der Waals surface area contributed by atoms with Gasteiger partial charge in [0.15, 0.2) is 0 Å². The van der Waals surface area contributed by atoms with Gasteiger partial charge in [-0.1, -0.05) is 18.2 Å². The maximum Gasteiger partial charge on any atom is 0.320 e. The van der Waals surface area contributed by atoms with E-state index >= 15 is 0 Å². The van der Waals surface area contributed by atoms with Crippen LogP contribution in [0, 0.1) is 5.92 Å². The van der Waals surface area contributed by atoms with Gasteiger partial charge in [-0.2, -0.15) is 0 Å². The summed E-state index contributed by atoms with van der Waals surface area (Å²) >= 11 is 0. The van der Waals surface area contributed by atoms with Gasteiger partial charge in [-0.3, -0.25) is 14.9 Å². The lowest BCUT2D eigenvalue weighted by Gasteiger charge is -2.27. The van der Waals surface area contributed by atoms with Crippen LogP contribution in [0.3, 0.4) is 0 Å². The molecular formula is C16H22N2O3. The van der Waals surface area contributed by atoms with Gasteiger partial charge in [0.1, 0.15) is 6.04 Å². The number of amides is 1. The Kier molecular flexibility index (Phi) is 4.96. The number of anilines is 1. The number of nitrogens with zero attached hydrogens (tertiary/aromatic N) is 1. The summed E-state index contributed by atoms with van der Waals surface area (Å²) < 4.78 is 0. The van der Waals surface area contributed by atoms with Crippen molar-refractivity contribution in [2.24, 2.45) is 5.92 Å². The number of carboxylic acid groups (broad SMARTS) is 1. The second kappa shape index (κ2) is 6.72. The summed E-state index contributed by atoms with van der Waals surface area (Å²) in [6, 6.07) is 8.84. The van der Waals surface area contributed by atoms with Crippen molar-refractivity contribution in [3.8, 4) is 0 Å². The van der Waals surface area contributed by atoms with Crippen LogP contribution in [0.4, 0.5) is 5.69 Å². The van der Waals surface area contributed by atoms with Gasteiger partial charge in [0.2, 0.25) is 5.91 Å². The zero-order valence-corrected chi connectivity index (χ0v) is 12.5. The van der Waals surface area contributed by atoms with E-state index in [4.69, 9.17) is 0 Å². The first kappa shape index (κ1) is 15.5. The van der Waals surface area contributed by atoms with E-state index in [0.29, 0.717) is 0 Å². The second-order valence-corrected chi connectivity index (χ2v) is 5.73. The van der Waals surface area contributed by atoms with Gasteiger partial charge in [-0.25, -0.2) is 0 Å². The number of hydrogen-bond donors (Lipinski definition) is 2. The monoisotopic (exact) mass is 290 g/mol. The molecule has 0 radical (unpaired) electrons. The molecule has 0 aromatic heterocycles. The van der Waals surface area contributed by atoms with Crippen molar-refractivity contribution in [2.75, 3.05) is 11.4 Å². The fraction of sp³-hybridized carbons (Fsp3) is 0.500. The van der Waals surface area contributed by atoms with E-state index < -0.39 is 12.0 Å². The molecule has 1 aliphatic carbocycles. The van der Waals surface area contributed by atoms with E-state index in [-0.39, 0.29) is 24.4 Å². The summed E-state index contributed by atoms with van der Waals surface area (Å²) in [6.45, 7) is 3.93. The van der Waals surface area contributed by atoms with Gasteiger partial charge >= 0.3 is 5.97 Å². The summed E-state index contributed by atoms with van der Waals surface area (Å²) in [6.07, 6.45) is 1.84. The van der Waals surface area contributed by atoms with Crippen LogP contribution >= 0.6 is 0 Å². The van der Waals surface area contributed by atoms with Crippen LogP contribution < -0.4 is 10.2 Å². The molecule has 1 aromatic rings. The third-order valence-electron chi connectivity index (χ3n) is 3.65. The Morgan fingerprint density at radius 3 is 2.38 bits per heavy atom. The molecule has 0 bridgehead atoms. The lowest BCUT2D eigenvalue weighted by molar-refractivity contribution is -0.140. The Labute approximate surface area is 125 Å². The molecule has 0 heterocycles. The Morgan fingerprint density at radius 2 is 1.90 bits per heavy atom. The Morgan fingerprint density at radius 1 is 1.29 bits per heavy atom. The molecule has 5 nitrogen and oxygen atoms in total. The van der Waals surface area contributed by atoms with E-state index in [1.54, 1.807) is 4.90 Å². The summed E-state index contributed by atoms with van der Waals surface area (Å²) in [4.78, 5) is 25.3. The molecule has 1 atom stereocenters. The maximum absolute atomic E-state index is 12.4. The van der Waals surface area contributed by atoms with Crippen LogP contribution in [0.1, 0.15) is 26.7 Å². The van der Waals surface area contributed by atoms with Gasteiger partial charge in [-0.05, 0) is 44.7 Å². The molecule has 2 N–H and O–H groups in total. The van der Waals surface area contributed by atoms with Crippen LogP contribution in [-0.4, -0.2) is 35.6 Å². The van der Waals surface area contributed by atoms with Gasteiger partial charge < -0.3 is 10.0 Å². The summed E-state index contributed by atoms with van der Waals surface area (Å²) in [5, 5.41) is 12.1. The van der Waals surface area contributed by atoms with Crippen LogP contribution in [0.5, 0.6) is 0 Å². The zero-order chi connectivity index (χ0) is 15.4. The predicted molar refractivity (Wildman–Crippen MR) is 81.2 cm³/mol. The van der Waals surface area contributed by atoms with Crippen LogP contribution in [-0.2, 0) is 9.59 Å². The minimum atomic E-state index is -0.874. The molecule has 1 saturated carbocycles. The van der Waals surface area contributed by atoms with E-state index in [1.165, 1.54) is 0 Å². The topological polar surface area (TPSA) is 69.6 Å². The number of benzene rings is 1. The molecular weight excluding hydrogens is 268 g/mol. The smallest absolute Gasteiger partial charge is 0.320 e. The third kappa shape index (κ3) is 4.04. The number of rotatable bonds is 7. The molecule has 5 heteroatoms. The van der Waals surface area contributed by atoms with Gasteiger partial charge in [0.05, 0.1) is 6.54 Å². The van der Waals surface area contributed by atoms with Crippen molar-refractivity contribution < 1.29 is 14.7 Å². The first-order valence-corrected chi connectivity index (χ1v) is 7.34. The van der Waals surface area contributed by atoms with Crippen molar-refractivity contribution >= 4 is 17.6 Å². The highest BCUT2D eigenvalue weighted by molar-refractivity contribution is 5.95. The van der Waals surface area contributed by atoms with Crippen LogP contribution in [0.2, 0.25) is 0 Å². The SMILES string of the molecule is CC(C)N(C(=O)CNC(C(=O)O)C1CC1)c1ccccc1. The second-order valence-electron chi connectivity index (χ2n) is 5.73. The van der Waals surface area contributed by atoms with E-state index in [0.717, 1.165) is 18.5 Å². The molecule has 0 saturated heterocycles. The highest BCUT2D eigenvalue weighted by Crippen LogP contribution is 2.32. The first-order valence-electron chi connectivity index (χ1n) is 7.34. The number of carbonyl (C=O) groups is 2. The number of aliphatic carboxylic acids is 1. The Balaban J connectivity index is 2.01. The fourth-order valence-electron chi connectivity index (χ4n) is 2.49. The average Bonchev–Trinajstić information content (AvgIpc) is 3.24. The van der Waals surface area contributed by atoms with Crippen molar-refractivity contribution in [1.29, 1.82) is 0 Å². The number of nitrogens with one attached hydrogen (secondary N) is 1.